The van der Waals surface area contributed by atoms with Gasteiger partial charge in [0.05, 0.1) is 0 Å². The van der Waals surface area contributed by atoms with Crippen molar-refractivity contribution in [1.29, 1.82) is 0 Å². The molecule has 0 heterocycles. The van der Waals surface area contributed by atoms with Gasteiger partial charge in [-0.3, -0.25) is 0 Å². The molecule has 2 aliphatic carbocycles. The highest BCUT2D eigenvalue weighted by molar-refractivity contribution is 4.67. The average molecular weight is 311 g/mol. The van der Waals surface area contributed by atoms with Crippen LogP contribution in [0.3, 0.4) is 0 Å². The molecule has 0 saturated heterocycles. The summed E-state index contributed by atoms with van der Waals surface area (Å²) in [6, 6.07) is 0. The van der Waals surface area contributed by atoms with E-state index in [9.17, 15) is 0 Å². The summed E-state index contributed by atoms with van der Waals surface area (Å²) in [4.78, 5) is 0. The molecule has 134 valence electrons. The largest absolute Gasteiger partial charge is 0.0651 e. The standard InChI is InChI=1S/C11H22.C7H14.C4H10/c1-3-10(2)9-11-7-5-4-6-8-11;1-7-5-3-2-4-6-7;1-4(2)3/h10-11H,3-9H2,1-2H3;7H,2-6H2,1H3;4H,1-3H3. The molecule has 0 heteroatoms. The van der Waals surface area contributed by atoms with Crippen LogP contribution in [0.25, 0.3) is 0 Å². The van der Waals surface area contributed by atoms with Crippen molar-refractivity contribution in [3.8, 4) is 0 Å². The van der Waals surface area contributed by atoms with Gasteiger partial charge in [0, 0.05) is 0 Å². The lowest BCUT2D eigenvalue weighted by atomic mass is 9.83. The van der Waals surface area contributed by atoms with Crippen LogP contribution >= 0.6 is 0 Å². The molecule has 0 nitrogen and oxygen atoms in total. The molecular formula is C22H46. The first-order valence-corrected chi connectivity index (χ1v) is 10.5. The maximum Gasteiger partial charge on any atom is -0.0412 e. The molecule has 0 aromatic rings. The van der Waals surface area contributed by atoms with Crippen molar-refractivity contribution in [3.63, 3.8) is 0 Å². The molecule has 1 atom stereocenters. The smallest absolute Gasteiger partial charge is 0.0412 e. The second kappa shape index (κ2) is 14.6. The Balaban J connectivity index is 0.000000343. The molecule has 22 heavy (non-hydrogen) atoms. The first kappa shape index (κ1) is 22.0. The molecule has 2 saturated carbocycles. The minimum absolute atomic E-state index is 0.833. The van der Waals surface area contributed by atoms with Crippen LogP contribution in [0.5, 0.6) is 0 Å². The van der Waals surface area contributed by atoms with Gasteiger partial charge >= 0.3 is 0 Å². The summed E-state index contributed by atoms with van der Waals surface area (Å²) >= 11 is 0. The zero-order chi connectivity index (χ0) is 16.8. The van der Waals surface area contributed by atoms with Crippen LogP contribution in [0, 0.1) is 23.7 Å². The van der Waals surface area contributed by atoms with Gasteiger partial charge < -0.3 is 0 Å². The molecule has 0 amide bonds. The fourth-order valence-electron chi connectivity index (χ4n) is 3.47. The van der Waals surface area contributed by atoms with Crippen molar-refractivity contribution in [3.05, 3.63) is 0 Å². The molecule has 0 aromatic carbocycles. The predicted molar refractivity (Wildman–Crippen MR) is 103 cm³/mol. The van der Waals surface area contributed by atoms with Crippen LogP contribution < -0.4 is 0 Å². The van der Waals surface area contributed by atoms with Crippen LogP contribution in [0.1, 0.15) is 119 Å². The Morgan fingerprint density at radius 3 is 1.45 bits per heavy atom. The minimum Gasteiger partial charge on any atom is -0.0651 e. The molecule has 2 fully saturated rings. The highest BCUT2D eigenvalue weighted by atomic mass is 14.2. The summed E-state index contributed by atoms with van der Waals surface area (Å²) in [6.45, 7) is 13.6. The van der Waals surface area contributed by atoms with Gasteiger partial charge in [-0.1, -0.05) is 112 Å². The van der Waals surface area contributed by atoms with E-state index in [2.05, 4.69) is 41.5 Å². The monoisotopic (exact) mass is 310 g/mol. The van der Waals surface area contributed by atoms with Gasteiger partial charge in [0.15, 0.2) is 0 Å². The van der Waals surface area contributed by atoms with E-state index in [0.717, 1.165) is 23.7 Å². The normalized spacial score (nSPS) is 21.4. The topological polar surface area (TPSA) is 0 Å². The molecule has 2 rings (SSSR count). The fourth-order valence-corrected chi connectivity index (χ4v) is 3.47. The molecule has 0 aliphatic heterocycles. The predicted octanol–water partition coefficient (Wildman–Crippen LogP) is 8.25. The van der Waals surface area contributed by atoms with E-state index in [4.69, 9.17) is 0 Å². The van der Waals surface area contributed by atoms with Crippen LogP contribution in [0.15, 0.2) is 0 Å². The van der Waals surface area contributed by atoms with E-state index in [1.807, 2.05) is 0 Å². The molecule has 0 N–H and O–H groups in total. The van der Waals surface area contributed by atoms with Crippen molar-refractivity contribution >= 4 is 0 Å². The van der Waals surface area contributed by atoms with Gasteiger partial charge in [0.1, 0.15) is 0 Å². The summed E-state index contributed by atoms with van der Waals surface area (Å²) < 4.78 is 0. The third kappa shape index (κ3) is 14.9. The fraction of sp³-hybridized carbons (Fsp3) is 1.00. The summed E-state index contributed by atoms with van der Waals surface area (Å²) in [6.07, 6.45) is 17.8. The summed E-state index contributed by atoms with van der Waals surface area (Å²) in [5.74, 6) is 3.92. The zero-order valence-electron chi connectivity index (χ0n) is 16.8. The number of hydrogen-bond acceptors (Lipinski definition) is 0. The lowest BCUT2D eigenvalue weighted by Gasteiger charge is -2.23. The SMILES string of the molecule is CC(C)C.CC1CCCCC1.CCC(C)CC1CCCCC1. The Hall–Kier alpha value is 0. The Labute approximate surface area is 142 Å². The van der Waals surface area contributed by atoms with Crippen molar-refractivity contribution in [2.75, 3.05) is 0 Å². The zero-order valence-corrected chi connectivity index (χ0v) is 16.8. The lowest BCUT2D eigenvalue weighted by Crippen LogP contribution is -2.09. The maximum atomic E-state index is 2.40. The van der Waals surface area contributed by atoms with E-state index in [1.54, 1.807) is 0 Å². The Kier molecular flexibility index (Phi) is 14.6. The first-order chi connectivity index (χ1) is 10.5. The lowest BCUT2D eigenvalue weighted by molar-refractivity contribution is 0.293. The van der Waals surface area contributed by atoms with Gasteiger partial charge in [-0.05, 0) is 30.1 Å². The first-order valence-electron chi connectivity index (χ1n) is 10.5. The number of hydrogen-bond donors (Lipinski definition) is 0. The third-order valence-electron chi connectivity index (χ3n) is 5.05. The van der Waals surface area contributed by atoms with Crippen LogP contribution in [0.2, 0.25) is 0 Å². The van der Waals surface area contributed by atoms with E-state index in [1.165, 1.54) is 77.0 Å². The van der Waals surface area contributed by atoms with Gasteiger partial charge in [-0.2, -0.15) is 0 Å². The van der Waals surface area contributed by atoms with Gasteiger partial charge in [-0.25, -0.2) is 0 Å². The molecular weight excluding hydrogens is 264 g/mol. The molecule has 2 aliphatic rings. The second-order valence-electron chi connectivity index (χ2n) is 8.73. The van der Waals surface area contributed by atoms with Crippen LogP contribution in [-0.2, 0) is 0 Å². The summed E-state index contributed by atoms with van der Waals surface area (Å²) in [5.41, 5.74) is 0. The van der Waals surface area contributed by atoms with E-state index >= 15 is 0 Å². The highest BCUT2D eigenvalue weighted by Crippen LogP contribution is 2.29. The Bertz CT molecular complexity index is 203. The van der Waals surface area contributed by atoms with Crippen molar-refractivity contribution < 1.29 is 0 Å². The highest BCUT2D eigenvalue weighted by Gasteiger charge is 2.15. The van der Waals surface area contributed by atoms with E-state index in [0.29, 0.717) is 0 Å². The van der Waals surface area contributed by atoms with Crippen molar-refractivity contribution in [2.24, 2.45) is 23.7 Å². The van der Waals surface area contributed by atoms with Gasteiger partial charge in [0.25, 0.3) is 0 Å². The van der Waals surface area contributed by atoms with E-state index < -0.39 is 0 Å². The molecule has 1 unspecified atom stereocenters. The molecule has 0 radical (unpaired) electrons. The molecule has 0 bridgehead atoms. The Morgan fingerprint density at radius 1 is 0.727 bits per heavy atom. The maximum absolute atomic E-state index is 2.40. The minimum atomic E-state index is 0.833. The summed E-state index contributed by atoms with van der Waals surface area (Å²) in [7, 11) is 0. The van der Waals surface area contributed by atoms with Gasteiger partial charge in [0.2, 0.25) is 0 Å². The van der Waals surface area contributed by atoms with Crippen LogP contribution in [-0.4, -0.2) is 0 Å². The van der Waals surface area contributed by atoms with Crippen LogP contribution in [0.4, 0.5) is 0 Å². The third-order valence-corrected chi connectivity index (χ3v) is 5.05. The molecule has 0 spiro atoms. The van der Waals surface area contributed by atoms with E-state index in [-0.39, 0.29) is 0 Å². The van der Waals surface area contributed by atoms with Gasteiger partial charge in [-0.15, -0.1) is 0 Å². The quantitative estimate of drug-likeness (QED) is 0.492. The van der Waals surface area contributed by atoms with Crippen molar-refractivity contribution in [2.45, 2.75) is 119 Å². The molecule has 0 aromatic heterocycles. The van der Waals surface area contributed by atoms with Crippen molar-refractivity contribution in [1.82, 2.24) is 0 Å². The second-order valence-corrected chi connectivity index (χ2v) is 8.73. The number of rotatable bonds is 3. The Morgan fingerprint density at radius 2 is 1.14 bits per heavy atom. The average Bonchev–Trinajstić information content (AvgIpc) is 2.49. The summed E-state index contributed by atoms with van der Waals surface area (Å²) in [5, 5.41) is 0.